The van der Waals surface area contributed by atoms with Gasteiger partial charge in [-0.2, -0.15) is 8.78 Å². The van der Waals surface area contributed by atoms with Gasteiger partial charge in [0.25, 0.3) is 5.88 Å². The number of hydrogen-bond donors (Lipinski definition) is 2. The number of allylic oxidation sites excluding steroid dienone is 4. The first kappa shape index (κ1) is 24.5. The van der Waals surface area contributed by atoms with Crippen LogP contribution in [0.2, 0.25) is 0 Å². The van der Waals surface area contributed by atoms with Crippen molar-refractivity contribution in [2.45, 2.75) is 32.7 Å². The number of alkyl halides is 3. The molecule has 1 aromatic heterocycles. The molecule has 0 bridgehead atoms. The van der Waals surface area contributed by atoms with Gasteiger partial charge < -0.3 is 15.5 Å². The van der Waals surface area contributed by atoms with Crippen LogP contribution in [0.1, 0.15) is 25.8 Å². The number of halogens is 4. The molecule has 1 heterocycles. The maximum absolute atomic E-state index is 14.0. The lowest BCUT2D eigenvalue weighted by atomic mass is 10.1. The molecule has 1 aromatic rings. The predicted molar refractivity (Wildman–Crippen MR) is 111 cm³/mol. The molecule has 0 spiro atoms. The highest BCUT2D eigenvalue weighted by Gasteiger charge is 2.31. The van der Waals surface area contributed by atoms with Gasteiger partial charge in [0, 0.05) is 24.5 Å². The molecule has 0 aliphatic rings. The molecule has 0 atom stereocenters. The van der Waals surface area contributed by atoms with Gasteiger partial charge in [0.1, 0.15) is 0 Å². The molecule has 0 amide bonds. The summed E-state index contributed by atoms with van der Waals surface area (Å²) in [5, 5.41) is 10.9. The molecule has 0 aromatic carbocycles. The molecule has 8 heteroatoms. The minimum absolute atomic E-state index is 0.125. The first-order valence-electron chi connectivity index (χ1n) is 8.76. The second kappa shape index (κ2) is 11.5. The lowest BCUT2D eigenvalue weighted by Gasteiger charge is -2.16. The van der Waals surface area contributed by atoms with Crippen molar-refractivity contribution >= 4 is 17.3 Å². The van der Waals surface area contributed by atoms with Crippen LogP contribution < -0.4 is 10.1 Å². The fraction of sp³-hybridized carbons (Fsp3) is 0.333. The van der Waals surface area contributed by atoms with E-state index in [0.717, 1.165) is 11.6 Å². The van der Waals surface area contributed by atoms with Crippen molar-refractivity contribution in [1.82, 2.24) is 10.3 Å². The van der Waals surface area contributed by atoms with Gasteiger partial charge in [0.15, 0.2) is 12.4 Å². The fourth-order valence-electron chi connectivity index (χ4n) is 1.92. The van der Waals surface area contributed by atoms with E-state index in [-0.39, 0.29) is 23.7 Å². The maximum atomic E-state index is 14.0. The summed E-state index contributed by atoms with van der Waals surface area (Å²) >= 11 is 5.87. The Hall–Kier alpha value is -2.54. The van der Waals surface area contributed by atoms with Crippen LogP contribution in [0.5, 0.6) is 5.88 Å². The summed E-state index contributed by atoms with van der Waals surface area (Å²) < 4.78 is 45.8. The summed E-state index contributed by atoms with van der Waals surface area (Å²) in [4.78, 5) is 3.74. The van der Waals surface area contributed by atoms with E-state index < -0.39 is 24.2 Å². The Labute approximate surface area is 174 Å². The molecule has 0 radical (unpaired) electrons. The second-order valence-corrected chi connectivity index (χ2v) is 6.83. The van der Waals surface area contributed by atoms with Crippen molar-refractivity contribution in [3.8, 4) is 5.88 Å². The Morgan fingerprint density at radius 2 is 2.07 bits per heavy atom. The summed E-state index contributed by atoms with van der Waals surface area (Å²) in [7, 11) is 0. The van der Waals surface area contributed by atoms with Crippen LogP contribution in [0.15, 0.2) is 60.5 Å². The van der Waals surface area contributed by atoms with E-state index in [1.165, 1.54) is 13.1 Å². The number of nitrogens with zero attached hydrogens (tertiary/aromatic N) is 1. The zero-order valence-electron chi connectivity index (χ0n) is 16.5. The summed E-state index contributed by atoms with van der Waals surface area (Å²) in [6.45, 7) is 9.19. The van der Waals surface area contributed by atoms with Gasteiger partial charge in [-0.1, -0.05) is 24.8 Å². The van der Waals surface area contributed by atoms with E-state index in [0.29, 0.717) is 17.6 Å². The van der Waals surface area contributed by atoms with Crippen LogP contribution >= 0.6 is 11.6 Å². The molecule has 29 heavy (non-hydrogen) atoms. The number of rotatable bonds is 12. The Kier molecular flexibility index (Phi) is 9.68. The minimum Gasteiger partial charge on any atom is -0.469 e. The van der Waals surface area contributed by atoms with Crippen molar-refractivity contribution in [2.75, 3.05) is 12.5 Å². The molecule has 0 aliphatic heterocycles. The molecular formula is C21H25ClF3N3O. The van der Waals surface area contributed by atoms with Crippen LogP contribution in [0.4, 0.5) is 13.2 Å². The van der Waals surface area contributed by atoms with E-state index >= 15 is 0 Å². The third kappa shape index (κ3) is 8.56. The largest absolute Gasteiger partial charge is 0.469 e. The normalized spacial score (nSPS) is 12.1. The van der Waals surface area contributed by atoms with Gasteiger partial charge in [-0.15, -0.1) is 11.6 Å². The predicted octanol–water partition coefficient (Wildman–Crippen LogP) is 5.57. The quantitative estimate of drug-likeness (QED) is 0.260. The van der Waals surface area contributed by atoms with E-state index in [1.54, 1.807) is 12.3 Å². The van der Waals surface area contributed by atoms with E-state index in [9.17, 15) is 13.2 Å². The maximum Gasteiger partial charge on any atom is 0.302 e. The van der Waals surface area contributed by atoms with Crippen LogP contribution in [-0.4, -0.2) is 29.1 Å². The average molecular weight is 428 g/mol. The van der Waals surface area contributed by atoms with Gasteiger partial charge in [-0.05, 0) is 43.5 Å². The highest BCUT2D eigenvalue weighted by Crippen LogP contribution is 2.24. The van der Waals surface area contributed by atoms with Gasteiger partial charge >= 0.3 is 5.92 Å². The zero-order valence-corrected chi connectivity index (χ0v) is 17.3. The zero-order chi connectivity index (χ0) is 22.0. The number of pyridine rings is 1. The number of nitrogens with one attached hydrogen (secondary N) is 2. The van der Waals surface area contributed by atoms with Crippen molar-refractivity contribution < 1.29 is 17.9 Å². The SMILES string of the molecule is C=C(C)C/C=C\C(=N)/C(=C\NCc1cnc(OCC(F)(F)C(=C)C)c(F)c1)CCl. The molecule has 158 valence electrons. The smallest absolute Gasteiger partial charge is 0.302 e. The Morgan fingerprint density at radius 1 is 1.38 bits per heavy atom. The van der Waals surface area contributed by atoms with Crippen LogP contribution in [0.3, 0.4) is 0 Å². The van der Waals surface area contributed by atoms with E-state index in [2.05, 4.69) is 23.5 Å². The molecule has 4 nitrogen and oxygen atoms in total. The second-order valence-electron chi connectivity index (χ2n) is 6.57. The molecule has 2 N–H and O–H groups in total. The van der Waals surface area contributed by atoms with Gasteiger partial charge in [0.05, 0.1) is 11.6 Å². The molecule has 0 aliphatic carbocycles. The summed E-state index contributed by atoms with van der Waals surface area (Å²) in [6, 6.07) is 1.14. The minimum atomic E-state index is -3.26. The van der Waals surface area contributed by atoms with Gasteiger partial charge in [-0.25, -0.2) is 9.37 Å². The van der Waals surface area contributed by atoms with E-state index in [4.69, 9.17) is 21.7 Å². The third-order valence-electron chi connectivity index (χ3n) is 3.70. The summed E-state index contributed by atoms with van der Waals surface area (Å²) in [6.07, 6.45) is 7.01. The summed E-state index contributed by atoms with van der Waals surface area (Å²) in [5.41, 5.74) is 1.88. The molecule has 0 fully saturated rings. The molecule has 0 saturated carbocycles. The topological polar surface area (TPSA) is 58.0 Å². The van der Waals surface area contributed by atoms with E-state index in [1.807, 2.05) is 13.0 Å². The summed E-state index contributed by atoms with van der Waals surface area (Å²) in [5.74, 6) is -4.49. The Balaban J connectivity index is 2.67. The van der Waals surface area contributed by atoms with Crippen molar-refractivity contribution in [3.63, 3.8) is 0 Å². The van der Waals surface area contributed by atoms with Crippen LogP contribution in [0, 0.1) is 11.2 Å². The van der Waals surface area contributed by atoms with Gasteiger partial charge in [0.2, 0.25) is 0 Å². The lowest BCUT2D eigenvalue weighted by Crippen LogP contribution is -2.27. The number of hydrogen-bond acceptors (Lipinski definition) is 4. The van der Waals surface area contributed by atoms with Crippen molar-refractivity contribution in [3.05, 3.63) is 71.9 Å². The number of aromatic nitrogens is 1. The monoisotopic (exact) mass is 427 g/mol. The van der Waals surface area contributed by atoms with Crippen molar-refractivity contribution in [1.29, 1.82) is 5.41 Å². The lowest BCUT2D eigenvalue weighted by molar-refractivity contribution is -0.00814. The fourth-order valence-corrected chi connectivity index (χ4v) is 2.14. The van der Waals surface area contributed by atoms with Crippen LogP contribution in [-0.2, 0) is 6.54 Å². The molecule has 0 unspecified atom stereocenters. The standard InChI is InChI=1S/C21H25ClF3N3O/c1-14(2)6-5-7-19(26)17(9-22)12-27-10-16-8-18(23)20(28-11-16)29-13-21(24,25)15(3)4/h5,7-8,11-12,26-27H,1,3,6,9-10,13H2,2,4H3/b7-5-,17-12-,26-19?. The Bertz CT molecular complexity index is 819. The molecule has 0 saturated heterocycles. The first-order chi connectivity index (χ1) is 13.6. The third-order valence-corrected chi connectivity index (χ3v) is 3.99. The highest BCUT2D eigenvalue weighted by molar-refractivity contribution is 6.24. The van der Waals surface area contributed by atoms with Gasteiger partial charge in [-0.3, -0.25) is 0 Å². The first-order valence-corrected chi connectivity index (χ1v) is 9.29. The average Bonchev–Trinajstić information content (AvgIpc) is 2.64. The van der Waals surface area contributed by atoms with Crippen molar-refractivity contribution in [2.24, 2.45) is 0 Å². The molecule has 1 rings (SSSR count). The Morgan fingerprint density at radius 3 is 2.62 bits per heavy atom. The van der Waals surface area contributed by atoms with Crippen LogP contribution in [0.25, 0.3) is 0 Å². The molecular weight excluding hydrogens is 403 g/mol. The number of ether oxygens (including phenoxy) is 1. The highest BCUT2D eigenvalue weighted by atomic mass is 35.5.